The topological polar surface area (TPSA) is 73.9 Å². The molecule has 2 aromatic rings. The minimum atomic E-state index is -0.758. The zero-order valence-corrected chi connectivity index (χ0v) is 17.6. The molecule has 0 spiro atoms. The predicted octanol–water partition coefficient (Wildman–Crippen LogP) is 2.57. The molecule has 1 fully saturated rings. The Balaban J connectivity index is 1.55. The van der Waals surface area contributed by atoms with Crippen LogP contribution in [0, 0.1) is 11.6 Å². The number of carbonyl (C=O) groups is 2. The number of hydrogen-bond acceptors (Lipinski definition) is 5. The van der Waals surface area contributed by atoms with Gasteiger partial charge < -0.3 is 20.3 Å². The highest BCUT2D eigenvalue weighted by Crippen LogP contribution is 2.28. The third kappa shape index (κ3) is 4.57. The van der Waals surface area contributed by atoms with Crippen LogP contribution < -0.4 is 15.5 Å². The molecule has 0 bridgehead atoms. The highest BCUT2D eigenvalue weighted by atomic mass is 19.1. The summed E-state index contributed by atoms with van der Waals surface area (Å²) in [5.74, 6) is -1.25. The van der Waals surface area contributed by atoms with Crippen LogP contribution in [-0.4, -0.2) is 56.7 Å². The molecule has 2 N–H and O–H groups in total. The Morgan fingerprint density at radius 3 is 2.41 bits per heavy atom. The number of benzene rings is 2. The second-order valence-electron chi connectivity index (χ2n) is 7.68. The van der Waals surface area contributed by atoms with Crippen LogP contribution in [0.25, 0.3) is 0 Å². The summed E-state index contributed by atoms with van der Waals surface area (Å²) in [7, 11) is 1.28. The number of piperazine rings is 1. The maximum atomic E-state index is 14.1. The molecule has 32 heavy (non-hydrogen) atoms. The third-order valence-corrected chi connectivity index (χ3v) is 5.71. The Bertz CT molecular complexity index is 1030. The number of methoxy groups -OCH3 is 1. The van der Waals surface area contributed by atoms with Gasteiger partial charge in [0.2, 0.25) is 0 Å². The van der Waals surface area contributed by atoms with Crippen molar-refractivity contribution in [3.05, 3.63) is 77.0 Å². The number of para-hydroxylation sites is 1. The van der Waals surface area contributed by atoms with Crippen molar-refractivity contribution in [1.29, 1.82) is 0 Å². The minimum absolute atomic E-state index is 0.260. The first-order valence-corrected chi connectivity index (χ1v) is 10.3. The molecular formula is C23H24F2N4O3. The first-order valence-electron chi connectivity index (χ1n) is 10.3. The largest absolute Gasteiger partial charge is 0.466 e. The summed E-state index contributed by atoms with van der Waals surface area (Å²) in [6.07, 6.45) is 0. The van der Waals surface area contributed by atoms with Gasteiger partial charge in [0.05, 0.1) is 24.4 Å². The lowest BCUT2D eigenvalue weighted by Crippen LogP contribution is -2.51. The Labute approximate surface area is 184 Å². The number of rotatable bonds is 5. The molecule has 0 aromatic heterocycles. The van der Waals surface area contributed by atoms with Gasteiger partial charge in [0.1, 0.15) is 11.6 Å². The van der Waals surface area contributed by atoms with E-state index in [1.165, 1.54) is 37.4 Å². The Morgan fingerprint density at radius 1 is 1.06 bits per heavy atom. The number of halogens is 2. The number of urea groups is 1. The molecule has 2 amide bonds. The predicted molar refractivity (Wildman–Crippen MR) is 115 cm³/mol. The summed E-state index contributed by atoms with van der Waals surface area (Å²) in [6, 6.07) is 11.1. The fraction of sp³-hybridized carbons (Fsp3) is 0.304. The quantitative estimate of drug-likeness (QED) is 0.697. The van der Waals surface area contributed by atoms with Crippen molar-refractivity contribution in [2.75, 3.05) is 44.7 Å². The summed E-state index contributed by atoms with van der Waals surface area (Å²) >= 11 is 0. The van der Waals surface area contributed by atoms with Crippen LogP contribution in [0.2, 0.25) is 0 Å². The number of nitrogens with one attached hydrogen (secondary N) is 2. The van der Waals surface area contributed by atoms with E-state index in [0.29, 0.717) is 49.7 Å². The van der Waals surface area contributed by atoms with Crippen LogP contribution in [0.4, 0.5) is 19.3 Å². The molecule has 1 unspecified atom stereocenters. The Kier molecular flexibility index (Phi) is 6.36. The molecule has 0 radical (unpaired) electrons. The van der Waals surface area contributed by atoms with E-state index >= 15 is 0 Å². The first-order chi connectivity index (χ1) is 15.5. The van der Waals surface area contributed by atoms with Crippen LogP contribution in [-0.2, 0) is 9.53 Å². The number of carbonyl (C=O) groups excluding carboxylic acids is 2. The van der Waals surface area contributed by atoms with E-state index < -0.39 is 23.9 Å². The molecule has 1 saturated heterocycles. The van der Waals surface area contributed by atoms with Crippen LogP contribution in [0.3, 0.4) is 0 Å². The van der Waals surface area contributed by atoms with Gasteiger partial charge in [0.25, 0.3) is 0 Å². The molecule has 2 aliphatic heterocycles. The van der Waals surface area contributed by atoms with E-state index in [2.05, 4.69) is 15.5 Å². The SMILES string of the molecule is COC(=O)C1=C(CN2CCN(c3ccccc3F)CC2)NC(=O)NC1c1ccc(F)cc1. The highest BCUT2D eigenvalue weighted by Gasteiger charge is 2.34. The average molecular weight is 442 g/mol. The zero-order valence-electron chi connectivity index (χ0n) is 17.6. The van der Waals surface area contributed by atoms with E-state index in [9.17, 15) is 18.4 Å². The van der Waals surface area contributed by atoms with Gasteiger partial charge in [-0.05, 0) is 29.8 Å². The third-order valence-electron chi connectivity index (χ3n) is 5.71. The summed E-state index contributed by atoms with van der Waals surface area (Å²) < 4.78 is 32.5. The lowest BCUT2D eigenvalue weighted by Gasteiger charge is -2.38. The first kappa shape index (κ1) is 21.8. The molecule has 168 valence electrons. The molecule has 0 saturated carbocycles. The molecule has 0 aliphatic carbocycles. The maximum absolute atomic E-state index is 14.1. The van der Waals surface area contributed by atoms with E-state index in [4.69, 9.17) is 4.74 Å². The molecule has 2 aliphatic rings. The summed E-state index contributed by atoms with van der Waals surface area (Å²) in [4.78, 5) is 29.0. The van der Waals surface area contributed by atoms with Gasteiger partial charge >= 0.3 is 12.0 Å². The average Bonchev–Trinajstić information content (AvgIpc) is 2.80. The van der Waals surface area contributed by atoms with Crippen molar-refractivity contribution in [1.82, 2.24) is 15.5 Å². The van der Waals surface area contributed by atoms with Gasteiger partial charge in [-0.3, -0.25) is 4.90 Å². The van der Waals surface area contributed by atoms with Gasteiger partial charge in [-0.15, -0.1) is 0 Å². The second-order valence-corrected chi connectivity index (χ2v) is 7.68. The number of esters is 1. The molecule has 2 heterocycles. The van der Waals surface area contributed by atoms with Gasteiger partial charge in [-0.25, -0.2) is 18.4 Å². The lowest BCUT2D eigenvalue weighted by molar-refractivity contribution is -0.136. The fourth-order valence-electron chi connectivity index (χ4n) is 4.08. The van der Waals surface area contributed by atoms with Gasteiger partial charge in [-0.2, -0.15) is 0 Å². The van der Waals surface area contributed by atoms with Crippen molar-refractivity contribution in [2.24, 2.45) is 0 Å². The molecule has 2 aromatic carbocycles. The molecule has 1 atom stereocenters. The van der Waals surface area contributed by atoms with Crippen molar-refractivity contribution >= 4 is 17.7 Å². The van der Waals surface area contributed by atoms with E-state index in [1.807, 2.05) is 4.90 Å². The Morgan fingerprint density at radius 2 is 1.75 bits per heavy atom. The van der Waals surface area contributed by atoms with Crippen molar-refractivity contribution in [2.45, 2.75) is 6.04 Å². The number of anilines is 1. The van der Waals surface area contributed by atoms with Gasteiger partial charge in [-0.1, -0.05) is 24.3 Å². The highest BCUT2D eigenvalue weighted by molar-refractivity contribution is 5.95. The molecule has 7 nitrogen and oxygen atoms in total. The van der Waals surface area contributed by atoms with E-state index in [1.54, 1.807) is 18.2 Å². The van der Waals surface area contributed by atoms with Crippen molar-refractivity contribution in [3.63, 3.8) is 0 Å². The monoisotopic (exact) mass is 442 g/mol. The summed E-state index contributed by atoms with van der Waals surface area (Å²) in [6.45, 7) is 2.78. The maximum Gasteiger partial charge on any atom is 0.338 e. The molecular weight excluding hydrogens is 418 g/mol. The summed E-state index contributed by atoms with van der Waals surface area (Å²) in [5.41, 5.74) is 1.85. The van der Waals surface area contributed by atoms with E-state index in [0.717, 1.165) is 0 Å². The van der Waals surface area contributed by atoms with Crippen molar-refractivity contribution in [3.8, 4) is 0 Å². The second kappa shape index (κ2) is 9.35. The van der Waals surface area contributed by atoms with Gasteiger partial charge in [0.15, 0.2) is 0 Å². The fourth-order valence-corrected chi connectivity index (χ4v) is 4.08. The lowest BCUT2D eigenvalue weighted by atomic mass is 9.95. The molecule has 9 heteroatoms. The normalized spacial score (nSPS) is 19.4. The van der Waals surface area contributed by atoms with E-state index in [-0.39, 0.29) is 11.4 Å². The Hall–Kier alpha value is -3.46. The number of amides is 2. The van der Waals surface area contributed by atoms with Gasteiger partial charge in [0, 0.05) is 38.4 Å². The van der Waals surface area contributed by atoms with Crippen LogP contribution in [0.5, 0.6) is 0 Å². The standard InChI is InChI=1S/C23H24F2N4O3/c1-32-22(30)20-18(26-23(31)27-21(20)15-6-8-16(24)9-7-15)14-28-10-12-29(13-11-28)19-5-3-2-4-17(19)25/h2-9,21H,10-14H2,1H3,(H2,26,27,31). The number of ether oxygens (including phenoxy) is 1. The number of nitrogens with zero attached hydrogens (tertiary/aromatic N) is 2. The molecule has 4 rings (SSSR count). The van der Waals surface area contributed by atoms with Crippen LogP contribution in [0.15, 0.2) is 59.8 Å². The number of hydrogen-bond donors (Lipinski definition) is 2. The van der Waals surface area contributed by atoms with Crippen LogP contribution >= 0.6 is 0 Å². The zero-order chi connectivity index (χ0) is 22.7. The smallest absolute Gasteiger partial charge is 0.338 e. The van der Waals surface area contributed by atoms with Crippen molar-refractivity contribution < 1.29 is 23.1 Å². The van der Waals surface area contributed by atoms with Crippen LogP contribution in [0.1, 0.15) is 11.6 Å². The summed E-state index contributed by atoms with van der Waals surface area (Å²) in [5, 5.41) is 5.45. The minimum Gasteiger partial charge on any atom is -0.466 e.